The summed E-state index contributed by atoms with van der Waals surface area (Å²) < 4.78 is 5.43. The third-order valence-corrected chi connectivity index (χ3v) is 2.63. The van der Waals surface area contributed by atoms with Crippen LogP contribution in [0, 0.1) is 10.8 Å². The van der Waals surface area contributed by atoms with Crippen LogP contribution in [0.4, 0.5) is 0 Å². The van der Waals surface area contributed by atoms with Crippen molar-refractivity contribution >= 4 is 5.78 Å². The number of ether oxygens (including phenoxy) is 1. The van der Waals surface area contributed by atoms with Gasteiger partial charge in [-0.25, -0.2) is 0 Å². The van der Waals surface area contributed by atoms with Gasteiger partial charge in [-0.1, -0.05) is 27.7 Å². The van der Waals surface area contributed by atoms with Crippen LogP contribution >= 0.6 is 0 Å². The summed E-state index contributed by atoms with van der Waals surface area (Å²) in [6, 6.07) is 0. The lowest BCUT2D eigenvalue weighted by Gasteiger charge is -2.27. The first-order valence-corrected chi connectivity index (χ1v) is 4.58. The number of aliphatic hydroxyl groups is 1. The Bertz CT molecular complexity index is 218. The first-order chi connectivity index (χ1) is 5.81. The van der Waals surface area contributed by atoms with Gasteiger partial charge in [-0.15, -0.1) is 0 Å². The van der Waals surface area contributed by atoms with E-state index in [0.29, 0.717) is 6.61 Å². The number of carbonyl (C=O) groups excluding carboxylic acids is 1. The Morgan fingerprint density at radius 2 is 2.15 bits per heavy atom. The van der Waals surface area contributed by atoms with Gasteiger partial charge in [-0.05, 0) is 0 Å². The van der Waals surface area contributed by atoms with E-state index in [9.17, 15) is 4.79 Å². The summed E-state index contributed by atoms with van der Waals surface area (Å²) in [4.78, 5) is 11.8. The van der Waals surface area contributed by atoms with Crippen molar-refractivity contribution in [2.75, 3.05) is 13.2 Å². The van der Waals surface area contributed by atoms with Crippen LogP contribution in [-0.4, -0.2) is 30.2 Å². The molecule has 1 saturated heterocycles. The summed E-state index contributed by atoms with van der Waals surface area (Å²) in [6.45, 7) is 7.87. The molecule has 13 heavy (non-hydrogen) atoms. The van der Waals surface area contributed by atoms with Gasteiger partial charge in [0.1, 0.15) is 6.10 Å². The van der Waals surface area contributed by atoms with Crippen molar-refractivity contribution in [1.29, 1.82) is 0 Å². The minimum Gasteiger partial charge on any atom is -0.396 e. The Morgan fingerprint density at radius 1 is 1.62 bits per heavy atom. The SMILES string of the molecule is CC1(C)COC(C(C)(C)CO)C1=O. The monoisotopic (exact) mass is 186 g/mol. The van der Waals surface area contributed by atoms with Crippen molar-refractivity contribution in [1.82, 2.24) is 0 Å². The topological polar surface area (TPSA) is 46.5 Å². The summed E-state index contributed by atoms with van der Waals surface area (Å²) in [5.74, 6) is 0.103. The summed E-state index contributed by atoms with van der Waals surface area (Å²) in [5.41, 5.74) is -0.859. The van der Waals surface area contributed by atoms with Gasteiger partial charge in [-0.2, -0.15) is 0 Å². The normalized spacial score (nSPS) is 28.1. The molecule has 3 heteroatoms. The lowest BCUT2D eigenvalue weighted by atomic mass is 9.79. The van der Waals surface area contributed by atoms with Crippen molar-refractivity contribution in [3.05, 3.63) is 0 Å². The molecule has 1 unspecified atom stereocenters. The van der Waals surface area contributed by atoms with Crippen molar-refractivity contribution in [3.63, 3.8) is 0 Å². The van der Waals surface area contributed by atoms with Crippen LogP contribution < -0.4 is 0 Å². The van der Waals surface area contributed by atoms with Crippen molar-refractivity contribution < 1.29 is 14.6 Å². The fourth-order valence-electron chi connectivity index (χ4n) is 1.46. The highest BCUT2D eigenvalue weighted by molar-refractivity contribution is 5.90. The van der Waals surface area contributed by atoms with E-state index < -0.39 is 16.9 Å². The maximum atomic E-state index is 11.8. The Hall–Kier alpha value is -0.410. The van der Waals surface area contributed by atoms with Gasteiger partial charge >= 0.3 is 0 Å². The molecule has 0 aromatic rings. The van der Waals surface area contributed by atoms with Crippen molar-refractivity contribution in [2.45, 2.75) is 33.8 Å². The van der Waals surface area contributed by atoms with Gasteiger partial charge in [0, 0.05) is 10.8 Å². The molecular weight excluding hydrogens is 168 g/mol. The first-order valence-electron chi connectivity index (χ1n) is 4.58. The molecule has 0 spiro atoms. The van der Waals surface area contributed by atoms with Gasteiger partial charge < -0.3 is 9.84 Å². The van der Waals surface area contributed by atoms with Crippen LogP contribution in [0.3, 0.4) is 0 Å². The van der Waals surface area contributed by atoms with Crippen LogP contribution in [0.15, 0.2) is 0 Å². The van der Waals surface area contributed by atoms with Crippen LogP contribution in [-0.2, 0) is 9.53 Å². The summed E-state index contributed by atoms with van der Waals surface area (Å²) in [7, 11) is 0. The van der Waals surface area contributed by atoms with E-state index in [1.54, 1.807) is 0 Å². The zero-order chi connectivity index (χ0) is 10.3. The largest absolute Gasteiger partial charge is 0.396 e. The Morgan fingerprint density at radius 3 is 2.46 bits per heavy atom. The average molecular weight is 186 g/mol. The third kappa shape index (κ3) is 1.76. The number of aliphatic hydroxyl groups excluding tert-OH is 1. The molecule has 0 bridgehead atoms. The van der Waals surface area contributed by atoms with Crippen LogP contribution in [0.1, 0.15) is 27.7 Å². The van der Waals surface area contributed by atoms with Crippen molar-refractivity contribution in [3.8, 4) is 0 Å². The first kappa shape index (κ1) is 10.7. The number of hydrogen-bond acceptors (Lipinski definition) is 3. The average Bonchev–Trinajstić information content (AvgIpc) is 2.28. The fraction of sp³-hybridized carbons (Fsp3) is 0.900. The molecule has 76 valence electrons. The Labute approximate surface area is 79.1 Å². The lowest BCUT2D eigenvalue weighted by molar-refractivity contribution is -0.132. The summed E-state index contributed by atoms with van der Waals surface area (Å²) >= 11 is 0. The molecule has 0 radical (unpaired) electrons. The van der Waals surface area contributed by atoms with Gasteiger partial charge in [0.05, 0.1) is 13.2 Å². The minimum absolute atomic E-state index is 0.0283. The van der Waals surface area contributed by atoms with E-state index in [2.05, 4.69) is 0 Å². The molecule has 1 fully saturated rings. The van der Waals surface area contributed by atoms with E-state index >= 15 is 0 Å². The van der Waals surface area contributed by atoms with Gasteiger partial charge in [0.2, 0.25) is 0 Å². The van der Waals surface area contributed by atoms with Crippen molar-refractivity contribution in [2.24, 2.45) is 10.8 Å². The number of Topliss-reactive ketones (excluding diaryl/α,β-unsaturated/α-hetero) is 1. The predicted molar refractivity (Wildman–Crippen MR) is 49.4 cm³/mol. The quantitative estimate of drug-likeness (QED) is 0.699. The molecule has 0 aliphatic carbocycles. The van der Waals surface area contributed by atoms with E-state index in [1.165, 1.54) is 0 Å². The number of rotatable bonds is 2. The Kier molecular flexibility index (Phi) is 2.52. The maximum absolute atomic E-state index is 11.8. The van der Waals surface area contributed by atoms with Crippen LogP contribution in [0.5, 0.6) is 0 Å². The molecule has 0 aromatic heterocycles. The fourth-order valence-corrected chi connectivity index (χ4v) is 1.46. The smallest absolute Gasteiger partial charge is 0.170 e. The molecule has 0 saturated carbocycles. The number of carbonyl (C=O) groups is 1. The molecule has 0 aromatic carbocycles. The minimum atomic E-state index is -0.467. The molecule has 0 amide bonds. The molecule has 1 atom stereocenters. The molecule has 1 rings (SSSR count). The maximum Gasteiger partial charge on any atom is 0.170 e. The van der Waals surface area contributed by atoms with Gasteiger partial charge in [-0.3, -0.25) is 4.79 Å². The Balaban J connectivity index is 2.82. The second-order valence-corrected chi connectivity index (χ2v) is 5.09. The zero-order valence-corrected chi connectivity index (χ0v) is 8.76. The highest BCUT2D eigenvalue weighted by atomic mass is 16.5. The molecule has 1 heterocycles. The third-order valence-electron chi connectivity index (χ3n) is 2.63. The standard InChI is InChI=1S/C10H18O3/c1-9(2,5-11)8-7(12)10(3,4)6-13-8/h8,11H,5-6H2,1-4H3. The van der Waals surface area contributed by atoms with E-state index in [-0.39, 0.29) is 12.4 Å². The summed E-state index contributed by atoms with van der Waals surface area (Å²) in [6.07, 6.45) is -0.451. The lowest BCUT2D eigenvalue weighted by Crippen LogP contribution is -2.40. The van der Waals surface area contributed by atoms with E-state index in [0.717, 1.165) is 0 Å². The highest BCUT2D eigenvalue weighted by Gasteiger charge is 2.48. The predicted octanol–water partition coefficient (Wildman–Crippen LogP) is 0.999. The van der Waals surface area contributed by atoms with Crippen LogP contribution in [0.25, 0.3) is 0 Å². The second-order valence-electron chi connectivity index (χ2n) is 5.09. The van der Waals surface area contributed by atoms with Crippen LogP contribution in [0.2, 0.25) is 0 Å². The van der Waals surface area contributed by atoms with E-state index in [1.807, 2.05) is 27.7 Å². The summed E-state index contributed by atoms with van der Waals surface area (Å²) in [5, 5.41) is 9.11. The zero-order valence-electron chi connectivity index (χ0n) is 8.76. The molecule has 1 N–H and O–H groups in total. The number of hydrogen-bond donors (Lipinski definition) is 1. The second kappa shape index (κ2) is 3.07. The van der Waals surface area contributed by atoms with Gasteiger partial charge in [0.15, 0.2) is 5.78 Å². The number of ketones is 1. The van der Waals surface area contributed by atoms with E-state index in [4.69, 9.17) is 9.84 Å². The molecule has 3 nitrogen and oxygen atoms in total. The van der Waals surface area contributed by atoms with Gasteiger partial charge in [0.25, 0.3) is 0 Å². The molecule has 1 aliphatic heterocycles. The molecular formula is C10H18O3. The highest BCUT2D eigenvalue weighted by Crippen LogP contribution is 2.36. The molecule has 1 aliphatic rings.